The Morgan fingerprint density at radius 2 is 1.53 bits per heavy atom. The highest BCUT2D eigenvalue weighted by atomic mass is 35.5. The fraction of sp³-hybridized carbons (Fsp3) is 0. The van der Waals surface area contributed by atoms with Crippen molar-refractivity contribution in [3.05, 3.63) is 147 Å². The van der Waals surface area contributed by atoms with Crippen molar-refractivity contribution in [2.24, 2.45) is 4.99 Å². The topological polar surface area (TPSA) is 71.3 Å². The average Bonchev–Trinajstić information content (AvgIpc) is 3.03. The lowest BCUT2D eigenvalue weighted by atomic mass is 10.1. The molecule has 6 nitrogen and oxygen atoms in total. The zero-order valence-corrected chi connectivity index (χ0v) is 24.9. The SMILES string of the molecule is O=c1c2ccccc2nc(-c2ccc(N=Cc3ccc(Cl)cc3)cc2)n1-c1ccc(Cl)c(NC(=S)Nc2ccccc2)c1. The van der Waals surface area contributed by atoms with Crippen LogP contribution in [0.1, 0.15) is 5.56 Å². The lowest BCUT2D eigenvalue weighted by molar-refractivity contribution is 0.976. The van der Waals surface area contributed by atoms with E-state index >= 15 is 0 Å². The van der Waals surface area contributed by atoms with Crippen molar-refractivity contribution in [2.75, 3.05) is 10.6 Å². The van der Waals surface area contributed by atoms with E-state index in [4.69, 9.17) is 40.4 Å². The van der Waals surface area contributed by atoms with E-state index in [-0.39, 0.29) is 5.56 Å². The van der Waals surface area contributed by atoms with Gasteiger partial charge in [0.25, 0.3) is 5.56 Å². The van der Waals surface area contributed by atoms with E-state index in [1.165, 1.54) is 0 Å². The summed E-state index contributed by atoms with van der Waals surface area (Å²) < 4.78 is 1.59. The van der Waals surface area contributed by atoms with Crippen LogP contribution in [-0.4, -0.2) is 20.9 Å². The van der Waals surface area contributed by atoms with Crippen LogP contribution in [0.3, 0.4) is 0 Å². The van der Waals surface area contributed by atoms with Crippen molar-refractivity contribution in [1.29, 1.82) is 0 Å². The number of nitrogens with zero attached hydrogens (tertiary/aromatic N) is 3. The number of aromatic nitrogens is 2. The lowest BCUT2D eigenvalue weighted by Gasteiger charge is -2.17. The van der Waals surface area contributed by atoms with Crippen LogP contribution in [0.2, 0.25) is 10.0 Å². The predicted molar refractivity (Wildman–Crippen MR) is 183 cm³/mol. The van der Waals surface area contributed by atoms with Gasteiger partial charge in [0.15, 0.2) is 5.11 Å². The molecule has 1 heterocycles. The Bertz CT molecular complexity index is 2030. The van der Waals surface area contributed by atoms with Gasteiger partial charge in [0.05, 0.1) is 33.0 Å². The highest BCUT2D eigenvalue weighted by molar-refractivity contribution is 7.80. The van der Waals surface area contributed by atoms with E-state index in [0.717, 1.165) is 22.5 Å². The maximum absolute atomic E-state index is 13.9. The normalized spacial score (nSPS) is 11.1. The molecule has 0 aliphatic rings. The molecule has 0 bridgehead atoms. The minimum atomic E-state index is -0.205. The lowest BCUT2D eigenvalue weighted by Crippen LogP contribution is -2.23. The summed E-state index contributed by atoms with van der Waals surface area (Å²) in [4.78, 5) is 23.4. The Kier molecular flexibility index (Phi) is 8.29. The molecule has 9 heteroatoms. The minimum Gasteiger partial charge on any atom is -0.332 e. The number of halogens is 2. The molecule has 6 rings (SSSR count). The molecule has 0 amide bonds. The van der Waals surface area contributed by atoms with Crippen LogP contribution < -0.4 is 16.2 Å². The molecule has 210 valence electrons. The monoisotopic (exact) mass is 619 g/mol. The van der Waals surface area contributed by atoms with E-state index in [1.807, 2.05) is 97.1 Å². The number of hydrogen-bond acceptors (Lipinski definition) is 4. The first kappa shape index (κ1) is 28.3. The summed E-state index contributed by atoms with van der Waals surface area (Å²) in [6.07, 6.45) is 1.77. The van der Waals surface area contributed by atoms with Crippen molar-refractivity contribution < 1.29 is 0 Å². The summed E-state index contributed by atoms with van der Waals surface area (Å²) in [5.74, 6) is 0.482. The zero-order chi connectivity index (χ0) is 29.8. The molecule has 2 N–H and O–H groups in total. The van der Waals surface area contributed by atoms with Crippen LogP contribution in [0.4, 0.5) is 17.1 Å². The molecule has 0 saturated carbocycles. The first-order valence-corrected chi connectivity index (χ1v) is 14.5. The molecule has 0 atom stereocenters. The molecule has 43 heavy (non-hydrogen) atoms. The number of thiocarbonyl (C=S) groups is 1. The average molecular weight is 621 g/mol. The van der Waals surface area contributed by atoms with E-state index < -0.39 is 0 Å². The molecule has 0 spiro atoms. The van der Waals surface area contributed by atoms with Gasteiger partial charge in [0.2, 0.25) is 0 Å². The fourth-order valence-corrected chi connectivity index (χ4v) is 5.03. The van der Waals surface area contributed by atoms with Crippen LogP contribution in [0.25, 0.3) is 28.0 Å². The third kappa shape index (κ3) is 6.49. The largest absolute Gasteiger partial charge is 0.332 e. The van der Waals surface area contributed by atoms with Gasteiger partial charge in [-0.05, 0) is 96.6 Å². The van der Waals surface area contributed by atoms with E-state index in [9.17, 15) is 4.79 Å². The summed E-state index contributed by atoms with van der Waals surface area (Å²) in [6, 6.07) is 37.2. The van der Waals surface area contributed by atoms with E-state index in [2.05, 4.69) is 15.6 Å². The molecule has 0 unspecified atom stereocenters. The van der Waals surface area contributed by atoms with Gasteiger partial charge < -0.3 is 10.6 Å². The molecule has 0 saturated heterocycles. The standard InChI is InChI=1S/C34H23Cl2N5OS/c35-24-14-10-22(11-15-24)21-37-25-16-12-23(13-17-25)32-39-30-9-5-4-8-28(30)33(42)41(32)27-18-19-29(36)31(20-27)40-34(43)38-26-6-2-1-3-7-26/h1-21H,(H2,38,40,43). The maximum atomic E-state index is 13.9. The summed E-state index contributed by atoms with van der Waals surface area (Å²) in [6.45, 7) is 0. The van der Waals surface area contributed by atoms with Gasteiger partial charge in [-0.2, -0.15) is 0 Å². The quantitative estimate of drug-likeness (QED) is 0.144. The number of benzene rings is 5. The second-order valence-corrected chi connectivity index (χ2v) is 10.8. The van der Waals surface area contributed by atoms with E-state index in [1.54, 1.807) is 35.0 Å². The Hall–Kier alpha value is -4.82. The van der Waals surface area contributed by atoms with Crippen molar-refractivity contribution >= 4 is 74.7 Å². The predicted octanol–water partition coefficient (Wildman–Crippen LogP) is 8.92. The molecular formula is C34H23Cl2N5OS. The molecule has 0 aliphatic heterocycles. The number of para-hydroxylation sites is 2. The summed E-state index contributed by atoms with van der Waals surface area (Å²) in [5.41, 5.74) is 4.80. The van der Waals surface area contributed by atoms with Crippen LogP contribution in [-0.2, 0) is 0 Å². The van der Waals surface area contributed by atoms with Crippen molar-refractivity contribution in [1.82, 2.24) is 9.55 Å². The van der Waals surface area contributed by atoms with Crippen molar-refractivity contribution in [2.45, 2.75) is 0 Å². The zero-order valence-electron chi connectivity index (χ0n) is 22.5. The molecular weight excluding hydrogens is 597 g/mol. The van der Waals surface area contributed by atoms with Gasteiger partial charge in [0.1, 0.15) is 5.82 Å². The second kappa shape index (κ2) is 12.6. The van der Waals surface area contributed by atoms with Crippen molar-refractivity contribution in [3.8, 4) is 17.1 Å². The minimum absolute atomic E-state index is 0.205. The number of fused-ring (bicyclic) bond motifs is 1. The van der Waals surface area contributed by atoms with Crippen LogP contribution in [0, 0.1) is 0 Å². The second-order valence-electron chi connectivity index (χ2n) is 9.56. The fourth-order valence-electron chi connectivity index (χ4n) is 4.51. The van der Waals surface area contributed by atoms with Crippen LogP contribution in [0.15, 0.2) is 131 Å². The molecule has 0 fully saturated rings. The maximum Gasteiger partial charge on any atom is 0.266 e. The summed E-state index contributed by atoms with van der Waals surface area (Å²) in [5, 5.41) is 8.28. The van der Waals surface area contributed by atoms with Gasteiger partial charge in [-0.1, -0.05) is 65.7 Å². The molecule has 5 aromatic carbocycles. The third-order valence-corrected chi connectivity index (χ3v) is 7.41. The third-order valence-electron chi connectivity index (χ3n) is 6.62. The number of nitrogens with one attached hydrogen (secondary N) is 2. The number of anilines is 2. The van der Waals surface area contributed by atoms with E-state index in [0.29, 0.717) is 43.3 Å². The Labute approximate surface area is 263 Å². The Balaban J connectivity index is 1.37. The number of aliphatic imine (C=N–C) groups is 1. The molecule has 1 aromatic heterocycles. The highest BCUT2D eigenvalue weighted by Gasteiger charge is 2.16. The van der Waals surface area contributed by atoms with Crippen LogP contribution in [0.5, 0.6) is 0 Å². The van der Waals surface area contributed by atoms with Crippen molar-refractivity contribution in [3.63, 3.8) is 0 Å². The van der Waals surface area contributed by atoms with Gasteiger partial charge in [-0.15, -0.1) is 0 Å². The summed E-state index contributed by atoms with van der Waals surface area (Å²) >= 11 is 18.1. The van der Waals surface area contributed by atoms with Gasteiger partial charge >= 0.3 is 0 Å². The number of hydrogen-bond donors (Lipinski definition) is 2. The van der Waals surface area contributed by atoms with Crippen LogP contribution >= 0.6 is 35.4 Å². The molecule has 0 radical (unpaired) electrons. The molecule has 6 aromatic rings. The first-order chi connectivity index (χ1) is 20.9. The van der Waals surface area contributed by atoms with Gasteiger partial charge in [-0.3, -0.25) is 14.4 Å². The Morgan fingerprint density at radius 1 is 0.814 bits per heavy atom. The summed E-state index contributed by atoms with van der Waals surface area (Å²) in [7, 11) is 0. The molecule has 0 aliphatic carbocycles. The number of rotatable bonds is 6. The van der Waals surface area contributed by atoms with Gasteiger partial charge in [0, 0.05) is 22.5 Å². The Morgan fingerprint density at radius 3 is 2.30 bits per heavy atom. The first-order valence-electron chi connectivity index (χ1n) is 13.3. The smallest absolute Gasteiger partial charge is 0.266 e. The highest BCUT2D eigenvalue weighted by Crippen LogP contribution is 2.29. The van der Waals surface area contributed by atoms with Gasteiger partial charge in [-0.25, -0.2) is 4.98 Å².